The highest BCUT2D eigenvalue weighted by molar-refractivity contribution is 5.97. The highest BCUT2D eigenvalue weighted by Gasteiger charge is 2.25. The Morgan fingerprint density at radius 1 is 1.00 bits per heavy atom. The molecule has 2 aromatic carbocycles. The SMILES string of the molecule is CC(C)C[C@H](NC(=O)c1ccc2ccccc2n1)C(=O)N[C@H](CO)Cc1c[nH]c2ccccc12. The fraction of sp³-hybridized carbons (Fsp3) is 0.296. The van der Waals surface area contributed by atoms with Gasteiger partial charge >= 0.3 is 0 Å². The van der Waals surface area contributed by atoms with Gasteiger partial charge in [0.05, 0.1) is 18.2 Å². The Bertz CT molecular complexity index is 1300. The molecule has 0 bridgehead atoms. The van der Waals surface area contributed by atoms with E-state index in [1.54, 1.807) is 6.07 Å². The zero-order valence-electron chi connectivity index (χ0n) is 19.4. The second-order valence-corrected chi connectivity index (χ2v) is 9.00. The number of carbonyl (C=O) groups excluding carboxylic acids is 2. The number of aromatic nitrogens is 2. The number of pyridine rings is 1. The average Bonchev–Trinajstić information content (AvgIpc) is 3.25. The first-order valence-corrected chi connectivity index (χ1v) is 11.6. The van der Waals surface area contributed by atoms with Gasteiger partial charge in [0.15, 0.2) is 0 Å². The number of nitrogens with zero attached hydrogens (tertiary/aromatic N) is 1. The third-order valence-electron chi connectivity index (χ3n) is 5.87. The molecule has 0 fully saturated rings. The van der Waals surface area contributed by atoms with Crippen LogP contribution in [0, 0.1) is 5.92 Å². The molecule has 2 aromatic heterocycles. The number of rotatable bonds is 9. The van der Waals surface area contributed by atoms with Crippen LogP contribution < -0.4 is 10.6 Å². The molecular weight excluding hydrogens is 428 g/mol. The van der Waals surface area contributed by atoms with Crippen LogP contribution in [-0.2, 0) is 11.2 Å². The number of aromatic amines is 1. The number of fused-ring (bicyclic) bond motifs is 2. The van der Waals surface area contributed by atoms with Crippen LogP contribution in [0.3, 0.4) is 0 Å². The molecule has 7 nitrogen and oxygen atoms in total. The highest BCUT2D eigenvalue weighted by Crippen LogP contribution is 2.19. The van der Waals surface area contributed by atoms with Crippen molar-refractivity contribution in [2.24, 2.45) is 5.92 Å². The highest BCUT2D eigenvalue weighted by atomic mass is 16.3. The van der Waals surface area contributed by atoms with Gasteiger partial charge in [-0.15, -0.1) is 0 Å². The van der Waals surface area contributed by atoms with Gasteiger partial charge < -0.3 is 20.7 Å². The Balaban J connectivity index is 1.46. The lowest BCUT2D eigenvalue weighted by Gasteiger charge is -2.23. The molecule has 0 unspecified atom stereocenters. The molecule has 2 heterocycles. The molecule has 0 saturated carbocycles. The number of aliphatic hydroxyl groups excluding tert-OH is 1. The van der Waals surface area contributed by atoms with Crippen molar-refractivity contribution >= 4 is 33.6 Å². The van der Waals surface area contributed by atoms with E-state index in [9.17, 15) is 14.7 Å². The first kappa shape index (κ1) is 23.4. The molecular formula is C27H30N4O3. The molecule has 0 aliphatic heterocycles. The number of hydrogen-bond acceptors (Lipinski definition) is 4. The normalized spacial score (nSPS) is 13.2. The summed E-state index contributed by atoms with van der Waals surface area (Å²) in [6.45, 7) is 3.78. The van der Waals surface area contributed by atoms with Crippen LogP contribution in [0.5, 0.6) is 0 Å². The Morgan fingerprint density at radius 2 is 1.76 bits per heavy atom. The number of benzene rings is 2. The van der Waals surface area contributed by atoms with Gasteiger partial charge in [-0.05, 0) is 42.5 Å². The minimum Gasteiger partial charge on any atom is -0.394 e. The van der Waals surface area contributed by atoms with Crippen molar-refractivity contribution in [2.45, 2.75) is 38.8 Å². The van der Waals surface area contributed by atoms with E-state index in [-0.39, 0.29) is 24.1 Å². The fourth-order valence-corrected chi connectivity index (χ4v) is 4.16. The van der Waals surface area contributed by atoms with E-state index in [0.29, 0.717) is 12.8 Å². The molecule has 34 heavy (non-hydrogen) atoms. The predicted octanol–water partition coefficient (Wildman–Crippen LogP) is 3.58. The van der Waals surface area contributed by atoms with Crippen molar-refractivity contribution < 1.29 is 14.7 Å². The average molecular weight is 459 g/mol. The number of para-hydroxylation sites is 2. The van der Waals surface area contributed by atoms with Gasteiger partial charge in [-0.25, -0.2) is 4.98 Å². The van der Waals surface area contributed by atoms with Crippen molar-refractivity contribution in [2.75, 3.05) is 6.61 Å². The molecule has 0 saturated heterocycles. The van der Waals surface area contributed by atoms with Crippen molar-refractivity contribution in [3.05, 3.63) is 78.1 Å². The summed E-state index contributed by atoms with van der Waals surface area (Å²) in [5.74, 6) is -0.535. The van der Waals surface area contributed by atoms with Crippen LogP contribution in [0.2, 0.25) is 0 Å². The van der Waals surface area contributed by atoms with Crippen LogP contribution in [0.1, 0.15) is 36.3 Å². The van der Waals surface area contributed by atoms with Crippen molar-refractivity contribution in [1.82, 2.24) is 20.6 Å². The van der Waals surface area contributed by atoms with Gasteiger partial charge in [-0.2, -0.15) is 0 Å². The number of aliphatic hydroxyl groups is 1. The van der Waals surface area contributed by atoms with Gasteiger partial charge in [0.1, 0.15) is 11.7 Å². The van der Waals surface area contributed by atoms with E-state index < -0.39 is 18.0 Å². The Hall–Kier alpha value is -3.71. The number of carbonyl (C=O) groups is 2. The van der Waals surface area contributed by atoms with Gasteiger partial charge in [-0.1, -0.05) is 56.3 Å². The van der Waals surface area contributed by atoms with Crippen LogP contribution >= 0.6 is 0 Å². The van der Waals surface area contributed by atoms with E-state index in [0.717, 1.165) is 27.4 Å². The second-order valence-electron chi connectivity index (χ2n) is 9.00. The molecule has 0 radical (unpaired) electrons. The van der Waals surface area contributed by atoms with E-state index in [4.69, 9.17) is 0 Å². The van der Waals surface area contributed by atoms with Crippen LogP contribution in [0.4, 0.5) is 0 Å². The summed E-state index contributed by atoms with van der Waals surface area (Å²) in [6.07, 6.45) is 2.84. The number of hydrogen-bond donors (Lipinski definition) is 4. The Labute approximate surface area is 198 Å². The molecule has 4 N–H and O–H groups in total. The first-order valence-electron chi connectivity index (χ1n) is 11.6. The molecule has 0 spiro atoms. The molecule has 0 aliphatic carbocycles. The lowest BCUT2D eigenvalue weighted by atomic mass is 10.0. The zero-order valence-corrected chi connectivity index (χ0v) is 19.4. The maximum atomic E-state index is 13.2. The summed E-state index contributed by atoms with van der Waals surface area (Å²) >= 11 is 0. The molecule has 7 heteroatoms. The second kappa shape index (κ2) is 10.5. The fourth-order valence-electron chi connectivity index (χ4n) is 4.16. The molecule has 176 valence electrons. The smallest absolute Gasteiger partial charge is 0.270 e. The van der Waals surface area contributed by atoms with E-state index >= 15 is 0 Å². The topological polar surface area (TPSA) is 107 Å². The Kier molecular flexibility index (Phi) is 7.23. The van der Waals surface area contributed by atoms with Crippen LogP contribution in [-0.4, -0.2) is 45.6 Å². The van der Waals surface area contributed by atoms with Gasteiger partial charge in [0.2, 0.25) is 5.91 Å². The van der Waals surface area contributed by atoms with Crippen molar-refractivity contribution in [3.8, 4) is 0 Å². The van der Waals surface area contributed by atoms with Gasteiger partial charge in [0.25, 0.3) is 5.91 Å². The lowest BCUT2D eigenvalue weighted by molar-refractivity contribution is -0.124. The standard InChI is InChI=1S/C27H30N4O3/c1-17(2)13-25(31-26(33)24-12-11-18-7-3-5-9-22(18)30-24)27(34)29-20(16-32)14-19-15-28-23-10-6-4-8-21(19)23/h3-12,15,17,20,25,28,32H,13-14,16H2,1-2H3,(H,29,34)(H,31,33)/t20-,25-/m0/s1. The van der Waals surface area contributed by atoms with E-state index in [1.165, 1.54) is 0 Å². The monoisotopic (exact) mass is 458 g/mol. The number of nitrogens with one attached hydrogen (secondary N) is 3. The zero-order chi connectivity index (χ0) is 24.1. The van der Waals surface area contributed by atoms with E-state index in [1.807, 2.05) is 74.6 Å². The largest absolute Gasteiger partial charge is 0.394 e. The predicted molar refractivity (Wildman–Crippen MR) is 133 cm³/mol. The third kappa shape index (κ3) is 5.43. The maximum absolute atomic E-state index is 13.2. The molecule has 4 rings (SSSR count). The summed E-state index contributed by atoms with van der Waals surface area (Å²) < 4.78 is 0. The number of H-pyrrole nitrogens is 1. The van der Waals surface area contributed by atoms with E-state index in [2.05, 4.69) is 20.6 Å². The van der Waals surface area contributed by atoms with Crippen molar-refractivity contribution in [3.63, 3.8) is 0 Å². The number of amides is 2. The first-order chi connectivity index (χ1) is 16.4. The summed E-state index contributed by atoms with van der Waals surface area (Å²) in [5.41, 5.74) is 3.00. The van der Waals surface area contributed by atoms with Crippen LogP contribution in [0.25, 0.3) is 21.8 Å². The Morgan fingerprint density at radius 3 is 2.56 bits per heavy atom. The van der Waals surface area contributed by atoms with Gasteiger partial charge in [0, 0.05) is 22.5 Å². The molecule has 2 atom stereocenters. The maximum Gasteiger partial charge on any atom is 0.270 e. The quantitative estimate of drug-likeness (QED) is 0.307. The summed E-state index contributed by atoms with van der Waals surface area (Å²) in [4.78, 5) is 33.7. The van der Waals surface area contributed by atoms with Crippen molar-refractivity contribution in [1.29, 1.82) is 0 Å². The molecule has 4 aromatic rings. The molecule has 0 aliphatic rings. The third-order valence-corrected chi connectivity index (χ3v) is 5.87. The minimum atomic E-state index is -0.738. The van der Waals surface area contributed by atoms with Crippen LogP contribution in [0.15, 0.2) is 66.9 Å². The summed E-state index contributed by atoms with van der Waals surface area (Å²) in [5, 5.41) is 17.7. The summed E-state index contributed by atoms with van der Waals surface area (Å²) in [7, 11) is 0. The summed E-state index contributed by atoms with van der Waals surface area (Å²) in [6, 6.07) is 17.8. The molecule has 2 amide bonds. The minimum absolute atomic E-state index is 0.182. The lowest BCUT2D eigenvalue weighted by Crippen LogP contribution is -2.51. The van der Waals surface area contributed by atoms with Gasteiger partial charge in [-0.3, -0.25) is 9.59 Å².